The third-order valence-corrected chi connectivity index (χ3v) is 3.49. The monoisotopic (exact) mass is 214 g/mol. The quantitative estimate of drug-likeness (QED) is 0.612. The van der Waals surface area contributed by atoms with Gasteiger partial charge in [0.05, 0.1) is 5.69 Å². The molecular formula is C12H8NOS. The average Bonchev–Trinajstić information content (AvgIpc) is 2.27. The fourth-order valence-electron chi connectivity index (χ4n) is 1.63. The molecule has 0 aromatic heterocycles. The van der Waals surface area contributed by atoms with E-state index in [0.29, 0.717) is 5.69 Å². The molecule has 1 N–H and O–H groups in total. The van der Waals surface area contributed by atoms with Crippen LogP contribution in [0.1, 0.15) is 0 Å². The van der Waals surface area contributed by atoms with Gasteiger partial charge in [0.15, 0.2) is 0 Å². The van der Waals surface area contributed by atoms with Crippen LogP contribution < -0.4 is 5.32 Å². The molecule has 1 aliphatic heterocycles. The minimum atomic E-state index is 0.0505. The van der Waals surface area contributed by atoms with Crippen LogP contribution in [0.25, 0.3) is 0 Å². The lowest BCUT2D eigenvalue weighted by atomic mass is 10.2. The van der Waals surface area contributed by atoms with Crippen LogP contribution in [-0.2, 0) is 5.11 Å². The molecule has 1 heterocycles. The Balaban J connectivity index is 2.15. The van der Waals surface area contributed by atoms with Gasteiger partial charge in [-0.1, -0.05) is 30.0 Å². The number of fused-ring (bicyclic) bond motifs is 2. The van der Waals surface area contributed by atoms with E-state index in [9.17, 15) is 5.11 Å². The average molecular weight is 214 g/mol. The highest BCUT2D eigenvalue weighted by molar-refractivity contribution is 7.99. The Bertz CT molecular complexity index is 525. The molecule has 2 nitrogen and oxygen atoms in total. The van der Waals surface area contributed by atoms with Crippen molar-refractivity contribution in [2.45, 2.75) is 9.79 Å². The van der Waals surface area contributed by atoms with E-state index in [1.165, 1.54) is 0 Å². The third-order valence-electron chi connectivity index (χ3n) is 2.35. The first-order chi connectivity index (χ1) is 7.34. The molecule has 3 rings (SSSR count). The van der Waals surface area contributed by atoms with Crippen LogP contribution in [0.3, 0.4) is 0 Å². The van der Waals surface area contributed by atoms with E-state index in [4.69, 9.17) is 0 Å². The van der Waals surface area contributed by atoms with Crippen LogP contribution in [0.2, 0.25) is 0 Å². The number of hydrogen-bond donors (Lipinski definition) is 1. The lowest BCUT2D eigenvalue weighted by molar-refractivity contribution is 0.356. The molecule has 0 atom stereocenters. The molecule has 3 heteroatoms. The first-order valence-electron chi connectivity index (χ1n) is 4.68. The van der Waals surface area contributed by atoms with Crippen molar-refractivity contribution >= 4 is 23.1 Å². The largest absolute Gasteiger partial charge is 0.350 e. The van der Waals surface area contributed by atoms with Gasteiger partial charge in [0, 0.05) is 9.79 Å². The van der Waals surface area contributed by atoms with Gasteiger partial charge in [-0.3, -0.25) is 5.11 Å². The zero-order valence-electron chi connectivity index (χ0n) is 7.86. The lowest BCUT2D eigenvalue weighted by Gasteiger charge is -2.20. The summed E-state index contributed by atoms with van der Waals surface area (Å²) in [5, 5.41) is 14.8. The van der Waals surface area contributed by atoms with Crippen LogP contribution in [-0.4, -0.2) is 0 Å². The van der Waals surface area contributed by atoms with Crippen LogP contribution in [0.15, 0.2) is 52.3 Å². The van der Waals surface area contributed by atoms with Crippen molar-refractivity contribution in [3.8, 4) is 5.75 Å². The maximum atomic E-state index is 11.6. The molecule has 1 aliphatic rings. The van der Waals surface area contributed by atoms with Crippen LogP contribution in [0.5, 0.6) is 5.75 Å². The number of anilines is 2. The highest BCUT2D eigenvalue weighted by Crippen LogP contribution is 2.47. The number of para-hydroxylation sites is 2. The minimum Gasteiger partial charge on any atom is -0.350 e. The third kappa shape index (κ3) is 1.36. The predicted octanol–water partition coefficient (Wildman–Crippen LogP) is 4.04. The maximum absolute atomic E-state index is 11.6. The van der Waals surface area contributed by atoms with Crippen molar-refractivity contribution in [1.82, 2.24) is 0 Å². The molecule has 0 spiro atoms. The summed E-state index contributed by atoms with van der Waals surface area (Å²) in [6.45, 7) is 0. The molecule has 15 heavy (non-hydrogen) atoms. The first-order valence-corrected chi connectivity index (χ1v) is 5.50. The zero-order valence-corrected chi connectivity index (χ0v) is 8.67. The van der Waals surface area contributed by atoms with E-state index in [1.807, 2.05) is 30.3 Å². The summed E-state index contributed by atoms with van der Waals surface area (Å²) >= 11 is 1.63. The van der Waals surface area contributed by atoms with Gasteiger partial charge in [-0.25, -0.2) is 0 Å². The van der Waals surface area contributed by atoms with Gasteiger partial charge in [0.2, 0.25) is 5.75 Å². The van der Waals surface area contributed by atoms with Gasteiger partial charge < -0.3 is 5.32 Å². The van der Waals surface area contributed by atoms with Crippen molar-refractivity contribution in [2.75, 3.05) is 5.32 Å². The van der Waals surface area contributed by atoms with Crippen LogP contribution in [0, 0.1) is 0 Å². The highest BCUT2D eigenvalue weighted by atomic mass is 32.2. The SMILES string of the molecule is [O]c1cccc2c1Nc1ccccc1S2. The predicted molar refractivity (Wildman–Crippen MR) is 60.4 cm³/mol. The van der Waals surface area contributed by atoms with Gasteiger partial charge in [0.25, 0.3) is 0 Å². The minimum absolute atomic E-state index is 0.0505. The molecule has 0 fully saturated rings. The Kier molecular flexibility index (Phi) is 1.86. The van der Waals surface area contributed by atoms with Gasteiger partial charge in [-0.2, -0.15) is 0 Å². The van der Waals surface area contributed by atoms with Crippen LogP contribution in [0.4, 0.5) is 11.4 Å². The summed E-state index contributed by atoms with van der Waals surface area (Å²) in [7, 11) is 0. The number of nitrogens with one attached hydrogen (secondary N) is 1. The Morgan fingerprint density at radius 3 is 2.67 bits per heavy atom. The fraction of sp³-hybridized carbons (Fsp3) is 0. The van der Waals surface area contributed by atoms with Crippen molar-refractivity contribution in [2.24, 2.45) is 0 Å². The normalized spacial score (nSPS) is 12.5. The molecule has 0 amide bonds. The molecular weight excluding hydrogens is 206 g/mol. The van der Waals surface area contributed by atoms with Gasteiger partial charge in [-0.05, 0) is 24.3 Å². The van der Waals surface area contributed by atoms with E-state index in [0.717, 1.165) is 15.5 Å². The number of rotatable bonds is 0. The van der Waals surface area contributed by atoms with Gasteiger partial charge in [0.1, 0.15) is 5.69 Å². The lowest BCUT2D eigenvalue weighted by Crippen LogP contribution is -1.98. The smallest absolute Gasteiger partial charge is 0.203 e. The second kappa shape index (κ2) is 3.21. The zero-order chi connectivity index (χ0) is 10.3. The molecule has 0 aliphatic carbocycles. The standard InChI is InChI=1S/C12H8NOS/c14-9-5-3-7-11-12(9)13-8-4-1-2-6-10(8)15-11/h1-7,13H. The molecule has 0 saturated heterocycles. The molecule has 0 saturated carbocycles. The summed E-state index contributed by atoms with van der Waals surface area (Å²) in [4.78, 5) is 2.16. The molecule has 73 valence electrons. The number of benzene rings is 2. The Morgan fingerprint density at radius 2 is 1.73 bits per heavy atom. The van der Waals surface area contributed by atoms with Crippen molar-refractivity contribution in [3.05, 3.63) is 42.5 Å². The van der Waals surface area contributed by atoms with Gasteiger partial charge >= 0.3 is 0 Å². The van der Waals surface area contributed by atoms with E-state index < -0.39 is 0 Å². The Hall–Kier alpha value is -1.61. The molecule has 2 aromatic carbocycles. The second-order valence-electron chi connectivity index (χ2n) is 3.35. The van der Waals surface area contributed by atoms with E-state index in [1.54, 1.807) is 23.9 Å². The Labute approximate surface area is 91.9 Å². The van der Waals surface area contributed by atoms with Gasteiger partial charge in [-0.15, -0.1) is 0 Å². The van der Waals surface area contributed by atoms with Crippen LogP contribution >= 0.6 is 11.8 Å². The van der Waals surface area contributed by atoms with E-state index in [2.05, 4.69) is 5.32 Å². The highest BCUT2D eigenvalue weighted by Gasteiger charge is 2.17. The maximum Gasteiger partial charge on any atom is 0.203 e. The van der Waals surface area contributed by atoms with E-state index in [-0.39, 0.29) is 5.75 Å². The summed E-state index contributed by atoms with van der Waals surface area (Å²) in [6.07, 6.45) is 0. The van der Waals surface area contributed by atoms with E-state index >= 15 is 0 Å². The fourth-order valence-corrected chi connectivity index (χ4v) is 2.64. The number of hydrogen-bond acceptors (Lipinski definition) is 2. The summed E-state index contributed by atoms with van der Waals surface area (Å²) < 4.78 is 0. The summed E-state index contributed by atoms with van der Waals surface area (Å²) in [5.74, 6) is 0.0505. The van der Waals surface area contributed by atoms with Crippen molar-refractivity contribution in [3.63, 3.8) is 0 Å². The Morgan fingerprint density at radius 1 is 0.933 bits per heavy atom. The van der Waals surface area contributed by atoms with Crippen molar-refractivity contribution in [1.29, 1.82) is 0 Å². The molecule has 1 radical (unpaired) electrons. The first kappa shape index (κ1) is 8.68. The topological polar surface area (TPSA) is 31.9 Å². The van der Waals surface area contributed by atoms with Crippen molar-refractivity contribution < 1.29 is 5.11 Å². The molecule has 2 aromatic rings. The summed E-state index contributed by atoms with van der Waals surface area (Å²) in [5.41, 5.74) is 1.71. The summed E-state index contributed by atoms with van der Waals surface area (Å²) in [6, 6.07) is 13.3. The second-order valence-corrected chi connectivity index (χ2v) is 4.44. The molecule has 0 unspecified atom stereocenters. The molecule has 0 bridgehead atoms.